The van der Waals surface area contributed by atoms with Crippen LogP contribution in [0.3, 0.4) is 0 Å². The van der Waals surface area contributed by atoms with Crippen molar-refractivity contribution >= 4 is 6.01 Å². The summed E-state index contributed by atoms with van der Waals surface area (Å²) in [5.41, 5.74) is 0. The Morgan fingerprint density at radius 1 is 1.54 bits per heavy atom. The number of anilines is 1. The lowest BCUT2D eigenvalue weighted by atomic mass is 10.6. The first-order valence-corrected chi connectivity index (χ1v) is 3.61. The van der Waals surface area contributed by atoms with E-state index in [1.165, 1.54) is 0 Å². The molecule has 0 bridgehead atoms. The van der Waals surface area contributed by atoms with Crippen LogP contribution in [0.25, 0.3) is 0 Å². The third-order valence-corrected chi connectivity index (χ3v) is 1.31. The standard InChI is InChI=1S/C5H7N7O/c1-3-7-5(13-10-3)6-2-4-8-11-12-9-4/h2H2,1H3,(H,6,7,10)(H,8,9,11,12). The maximum atomic E-state index is 4.80. The minimum atomic E-state index is 0.349. The normalized spacial score (nSPS) is 10.2. The van der Waals surface area contributed by atoms with Crippen LogP contribution in [0.15, 0.2) is 4.52 Å². The van der Waals surface area contributed by atoms with Crippen molar-refractivity contribution in [3.63, 3.8) is 0 Å². The number of hydrogen-bond donors (Lipinski definition) is 2. The Labute approximate surface area is 72.7 Å². The number of H-pyrrole nitrogens is 1. The number of nitrogens with one attached hydrogen (secondary N) is 2. The lowest BCUT2D eigenvalue weighted by Gasteiger charge is -1.92. The topological polar surface area (TPSA) is 105 Å². The number of tetrazole rings is 1. The zero-order valence-corrected chi connectivity index (χ0v) is 6.85. The van der Waals surface area contributed by atoms with E-state index in [0.717, 1.165) is 0 Å². The number of aryl methyl sites for hydroxylation is 1. The molecule has 0 atom stereocenters. The fourth-order valence-electron chi connectivity index (χ4n) is 0.781. The van der Waals surface area contributed by atoms with Crippen LogP contribution in [0.4, 0.5) is 6.01 Å². The highest BCUT2D eigenvalue weighted by Crippen LogP contribution is 2.02. The number of rotatable bonds is 3. The molecule has 0 aromatic carbocycles. The molecule has 0 fully saturated rings. The van der Waals surface area contributed by atoms with Crippen molar-refractivity contribution in [3.05, 3.63) is 11.6 Å². The molecule has 2 aromatic heterocycles. The molecule has 0 saturated heterocycles. The summed E-state index contributed by atoms with van der Waals surface area (Å²) in [5, 5.41) is 19.7. The lowest BCUT2D eigenvalue weighted by molar-refractivity contribution is 0.425. The molecule has 2 rings (SSSR count). The van der Waals surface area contributed by atoms with Crippen LogP contribution in [0.1, 0.15) is 11.6 Å². The molecule has 0 aliphatic rings. The van der Waals surface area contributed by atoms with Crippen LogP contribution in [-0.2, 0) is 6.54 Å². The van der Waals surface area contributed by atoms with Gasteiger partial charge in [-0.1, -0.05) is 10.4 Å². The Morgan fingerprint density at radius 2 is 2.46 bits per heavy atom. The number of aromatic nitrogens is 6. The molecule has 0 spiro atoms. The van der Waals surface area contributed by atoms with Crippen molar-refractivity contribution in [1.82, 2.24) is 30.8 Å². The predicted molar refractivity (Wildman–Crippen MR) is 40.5 cm³/mol. The van der Waals surface area contributed by atoms with Crippen LogP contribution < -0.4 is 5.32 Å². The van der Waals surface area contributed by atoms with Gasteiger partial charge in [-0.05, 0) is 6.92 Å². The molecular weight excluding hydrogens is 174 g/mol. The van der Waals surface area contributed by atoms with Crippen molar-refractivity contribution in [2.24, 2.45) is 0 Å². The van der Waals surface area contributed by atoms with Gasteiger partial charge in [-0.15, -0.1) is 10.2 Å². The largest absolute Gasteiger partial charge is 0.330 e. The molecule has 0 radical (unpaired) electrons. The molecule has 0 saturated carbocycles. The van der Waals surface area contributed by atoms with Gasteiger partial charge in [0.1, 0.15) is 0 Å². The fourth-order valence-corrected chi connectivity index (χ4v) is 0.781. The number of nitrogens with zero attached hydrogens (tertiary/aromatic N) is 5. The average Bonchev–Trinajstić information content (AvgIpc) is 2.71. The van der Waals surface area contributed by atoms with Gasteiger partial charge in [-0.25, -0.2) is 0 Å². The summed E-state index contributed by atoms with van der Waals surface area (Å²) >= 11 is 0. The van der Waals surface area contributed by atoms with Crippen LogP contribution >= 0.6 is 0 Å². The Morgan fingerprint density at radius 3 is 3.08 bits per heavy atom. The number of aromatic amines is 1. The third-order valence-electron chi connectivity index (χ3n) is 1.31. The molecule has 0 unspecified atom stereocenters. The van der Waals surface area contributed by atoms with Crippen molar-refractivity contribution in [3.8, 4) is 0 Å². The van der Waals surface area contributed by atoms with E-state index in [9.17, 15) is 0 Å². The van der Waals surface area contributed by atoms with Crippen LogP contribution in [-0.4, -0.2) is 30.8 Å². The molecule has 2 aromatic rings. The summed E-state index contributed by atoms with van der Waals surface area (Å²) in [4.78, 5) is 3.94. The summed E-state index contributed by atoms with van der Waals surface area (Å²) in [7, 11) is 0. The molecule has 2 heterocycles. The highest BCUT2D eigenvalue weighted by molar-refractivity contribution is 5.17. The Balaban J connectivity index is 1.93. The minimum Gasteiger partial charge on any atom is -0.330 e. The molecule has 0 amide bonds. The van der Waals surface area contributed by atoms with Gasteiger partial charge in [-0.3, -0.25) is 0 Å². The molecular formula is C5H7N7O. The van der Waals surface area contributed by atoms with Gasteiger partial charge in [0.15, 0.2) is 11.6 Å². The van der Waals surface area contributed by atoms with Crippen molar-refractivity contribution in [2.75, 3.05) is 5.32 Å². The quantitative estimate of drug-likeness (QED) is 0.657. The molecule has 8 heteroatoms. The van der Waals surface area contributed by atoms with Crippen molar-refractivity contribution in [1.29, 1.82) is 0 Å². The Bertz CT molecular complexity index is 366. The first kappa shape index (κ1) is 7.65. The zero-order valence-electron chi connectivity index (χ0n) is 6.85. The van der Waals surface area contributed by atoms with Crippen molar-refractivity contribution < 1.29 is 4.52 Å². The summed E-state index contributed by atoms with van der Waals surface area (Å²) in [6.07, 6.45) is 0. The van der Waals surface area contributed by atoms with E-state index in [-0.39, 0.29) is 0 Å². The monoisotopic (exact) mass is 181 g/mol. The fraction of sp³-hybridized carbons (Fsp3) is 0.400. The Kier molecular flexibility index (Phi) is 1.87. The molecule has 13 heavy (non-hydrogen) atoms. The van der Waals surface area contributed by atoms with Crippen molar-refractivity contribution in [2.45, 2.75) is 13.5 Å². The van der Waals surface area contributed by atoms with Gasteiger partial charge in [-0.2, -0.15) is 10.2 Å². The molecule has 0 aliphatic heterocycles. The lowest BCUT2D eigenvalue weighted by Crippen LogP contribution is -2.01. The van der Waals surface area contributed by atoms with E-state index in [1.54, 1.807) is 6.92 Å². The Hall–Kier alpha value is -1.99. The number of hydrogen-bond acceptors (Lipinski definition) is 7. The van der Waals surface area contributed by atoms with Gasteiger partial charge >= 0.3 is 6.01 Å². The molecule has 8 nitrogen and oxygen atoms in total. The van der Waals surface area contributed by atoms with Crippen LogP contribution in [0, 0.1) is 6.92 Å². The second kappa shape index (κ2) is 3.17. The summed E-state index contributed by atoms with van der Waals surface area (Å²) in [6, 6.07) is 0.349. The zero-order chi connectivity index (χ0) is 9.10. The molecule has 0 aliphatic carbocycles. The van der Waals surface area contributed by atoms with Gasteiger partial charge in [0.25, 0.3) is 0 Å². The second-order valence-electron chi connectivity index (χ2n) is 2.33. The van der Waals surface area contributed by atoms with E-state index in [1.807, 2.05) is 0 Å². The van der Waals surface area contributed by atoms with Gasteiger partial charge in [0.2, 0.25) is 0 Å². The SMILES string of the molecule is Cc1noc(NCc2nn[nH]n2)n1. The average molecular weight is 181 g/mol. The van der Waals surface area contributed by atoms with E-state index in [0.29, 0.717) is 24.2 Å². The van der Waals surface area contributed by atoms with Gasteiger partial charge in [0, 0.05) is 0 Å². The summed E-state index contributed by atoms with van der Waals surface area (Å²) in [6.45, 7) is 2.14. The first-order chi connectivity index (χ1) is 6.34. The molecule has 2 N–H and O–H groups in total. The summed E-state index contributed by atoms with van der Waals surface area (Å²) < 4.78 is 4.80. The summed E-state index contributed by atoms with van der Waals surface area (Å²) in [5.74, 6) is 1.12. The van der Waals surface area contributed by atoms with Gasteiger partial charge in [0.05, 0.1) is 6.54 Å². The second-order valence-corrected chi connectivity index (χ2v) is 2.33. The van der Waals surface area contributed by atoms with E-state index in [2.05, 4.69) is 36.1 Å². The third kappa shape index (κ3) is 1.78. The van der Waals surface area contributed by atoms with Crippen LogP contribution in [0.2, 0.25) is 0 Å². The first-order valence-electron chi connectivity index (χ1n) is 3.61. The maximum absolute atomic E-state index is 4.80. The van der Waals surface area contributed by atoms with Gasteiger partial charge < -0.3 is 9.84 Å². The van der Waals surface area contributed by atoms with E-state index in [4.69, 9.17) is 4.52 Å². The van der Waals surface area contributed by atoms with E-state index >= 15 is 0 Å². The van der Waals surface area contributed by atoms with Crippen LogP contribution in [0.5, 0.6) is 0 Å². The highest BCUT2D eigenvalue weighted by Gasteiger charge is 2.02. The predicted octanol–water partition coefficient (Wildman–Crippen LogP) is -0.497. The van der Waals surface area contributed by atoms with E-state index < -0.39 is 0 Å². The smallest absolute Gasteiger partial charge is 0.321 e. The minimum absolute atomic E-state index is 0.349. The highest BCUT2D eigenvalue weighted by atomic mass is 16.5. The maximum Gasteiger partial charge on any atom is 0.321 e. The molecule has 68 valence electrons.